The van der Waals surface area contributed by atoms with Gasteiger partial charge in [-0.05, 0) is 22.0 Å². The van der Waals surface area contributed by atoms with Gasteiger partial charge < -0.3 is 10.1 Å². The molecule has 1 N–H and O–H groups in total. The molecule has 0 saturated carbocycles. The fourth-order valence-electron chi connectivity index (χ4n) is 1.10. The zero-order valence-corrected chi connectivity index (χ0v) is 11.2. The van der Waals surface area contributed by atoms with E-state index in [4.69, 9.17) is 16.3 Å². The Labute approximate surface area is 111 Å². The minimum atomic E-state index is 0.283. The van der Waals surface area contributed by atoms with Crippen LogP contribution in [0.15, 0.2) is 29.1 Å². The van der Waals surface area contributed by atoms with E-state index in [9.17, 15) is 0 Å². The predicted molar refractivity (Wildman–Crippen MR) is 68.6 cm³/mol. The molecule has 2 rings (SSSR count). The van der Waals surface area contributed by atoms with Crippen LogP contribution in [0, 0.1) is 0 Å². The highest BCUT2D eigenvalue weighted by molar-refractivity contribution is 9.10. The molecule has 17 heavy (non-hydrogen) atoms. The van der Waals surface area contributed by atoms with E-state index in [2.05, 4.69) is 36.2 Å². The van der Waals surface area contributed by atoms with Gasteiger partial charge in [0, 0.05) is 17.7 Å². The molecule has 0 radical (unpaired) electrons. The van der Waals surface area contributed by atoms with E-state index in [1.165, 1.54) is 6.20 Å². The molecule has 0 unspecified atom stereocenters. The quantitative estimate of drug-likeness (QED) is 0.943. The lowest BCUT2D eigenvalue weighted by Crippen LogP contribution is -1.98. The van der Waals surface area contributed by atoms with Crippen LogP contribution in [-0.4, -0.2) is 22.0 Å². The molecule has 0 aliphatic rings. The van der Waals surface area contributed by atoms with Crippen molar-refractivity contribution in [3.8, 4) is 11.6 Å². The second-order valence-electron chi connectivity index (χ2n) is 3.04. The third-order valence-corrected chi connectivity index (χ3v) is 2.52. The third kappa shape index (κ3) is 3.04. The van der Waals surface area contributed by atoms with E-state index in [0.717, 1.165) is 4.47 Å². The summed E-state index contributed by atoms with van der Waals surface area (Å²) in [6.45, 7) is 0. The first-order valence-corrected chi connectivity index (χ1v) is 5.85. The molecule has 2 heterocycles. The summed E-state index contributed by atoms with van der Waals surface area (Å²) in [6, 6.07) is 1.77. The SMILES string of the molecule is CNc1ncc(Cl)c(Oc2cncc(Br)c2)n1. The summed E-state index contributed by atoms with van der Waals surface area (Å²) < 4.78 is 6.33. The summed E-state index contributed by atoms with van der Waals surface area (Å²) in [5.41, 5.74) is 0. The minimum Gasteiger partial charge on any atom is -0.436 e. The molecule has 0 fully saturated rings. The topological polar surface area (TPSA) is 59.9 Å². The van der Waals surface area contributed by atoms with Gasteiger partial charge in [0.25, 0.3) is 0 Å². The van der Waals surface area contributed by atoms with E-state index in [1.807, 2.05) is 0 Å². The van der Waals surface area contributed by atoms with E-state index >= 15 is 0 Å². The summed E-state index contributed by atoms with van der Waals surface area (Å²) in [6.07, 6.45) is 4.71. The Morgan fingerprint density at radius 1 is 1.35 bits per heavy atom. The smallest absolute Gasteiger partial charge is 0.243 e. The highest BCUT2D eigenvalue weighted by Crippen LogP contribution is 2.28. The van der Waals surface area contributed by atoms with E-state index < -0.39 is 0 Å². The molecular formula is C10H8BrClN4O. The fourth-order valence-corrected chi connectivity index (χ4v) is 1.58. The maximum atomic E-state index is 5.93. The first-order valence-electron chi connectivity index (χ1n) is 4.68. The van der Waals surface area contributed by atoms with Crippen molar-refractivity contribution in [2.45, 2.75) is 0 Å². The van der Waals surface area contributed by atoms with Gasteiger partial charge in [-0.25, -0.2) is 4.98 Å². The molecule has 7 heteroatoms. The zero-order valence-electron chi connectivity index (χ0n) is 8.82. The number of halogens is 2. The van der Waals surface area contributed by atoms with Gasteiger partial charge in [-0.3, -0.25) is 4.98 Å². The van der Waals surface area contributed by atoms with Gasteiger partial charge in [0.1, 0.15) is 10.8 Å². The van der Waals surface area contributed by atoms with Gasteiger partial charge in [-0.1, -0.05) is 11.6 Å². The Hall–Kier alpha value is -1.40. The molecule has 88 valence electrons. The monoisotopic (exact) mass is 314 g/mol. The first kappa shape index (κ1) is 12.1. The van der Waals surface area contributed by atoms with Gasteiger partial charge in [-0.15, -0.1) is 0 Å². The molecule has 0 aliphatic heterocycles. The molecular weight excluding hydrogens is 307 g/mol. The average molecular weight is 316 g/mol. The van der Waals surface area contributed by atoms with E-state index in [-0.39, 0.29) is 5.88 Å². The normalized spacial score (nSPS) is 10.1. The van der Waals surface area contributed by atoms with Crippen LogP contribution in [0.4, 0.5) is 5.95 Å². The number of anilines is 1. The maximum Gasteiger partial charge on any atom is 0.243 e. The predicted octanol–water partition coefficient (Wildman–Crippen LogP) is 3.12. The number of aromatic nitrogens is 3. The van der Waals surface area contributed by atoms with Crippen molar-refractivity contribution in [3.05, 3.63) is 34.2 Å². The zero-order chi connectivity index (χ0) is 12.3. The lowest BCUT2D eigenvalue weighted by atomic mass is 10.5. The van der Waals surface area contributed by atoms with Gasteiger partial charge in [0.05, 0.1) is 12.4 Å². The summed E-state index contributed by atoms with van der Waals surface area (Å²) in [4.78, 5) is 12.0. The van der Waals surface area contributed by atoms with Crippen molar-refractivity contribution in [2.75, 3.05) is 12.4 Å². The number of rotatable bonds is 3. The highest BCUT2D eigenvalue weighted by Gasteiger charge is 2.07. The number of hydrogen-bond acceptors (Lipinski definition) is 5. The van der Waals surface area contributed by atoms with Crippen LogP contribution < -0.4 is 10.1 Å². The molecule has 2 aromatic rings. The maximum absolute atomic E-state index is 5.93. The molecule has 0 saturated heterocycles. The van der Waals surface area contributed by atoms with Crippen molar-refractivity contribution in [3.63, 3.8) is 0 Å². The Bertz CT molecular complexity index is 537. The van der Waals surface area contributed by atoms with Crippen molar-refractivity contribution in [2.24, 2.45) is 0 Å². The second-order valence-corrected chi connectivity index (χ2v) is 4.36. The average Bonchev–Trinajstić information content (AvgIpc) is 2.32. The number of hydrogen-bond donors (Lipinski definition) is 1. The molecule has 0 atom stereocenters. The van der Waals surface area contributed by atoms with Crippen molar-refractivity contribution < 1.29 is 4.74 Å². The van der Waals surface area contributed by atoms with E-state index in [1.54, 1.807) is 25.5 Å². The van der Waals surface area contributed by atoms with Gasteiger partial charge in [0.2, 0.25) is 11.8 Å². The van der Waals surface area contributed by atoms with Crippen molar-refractivity contribution >= 4 is 33.5 Å². The molecule has 5 nitrogen and oxygen atoms in total. The Morgan fingerprint density at radius 2 is 2.18 bits per heavy atom. The molecule has 0 bridgehead atoms. The molecule has 2 aromatic heterocycles. The van der Waals surface area contributed by atoms with Crippen LogP contribution in [0.1, 0.15) is 0 Å². The number of nitrogens with zero attached hydrogens (tertiary/aromatic N) is 3. The van der Waals surface area contributed by atoms with Crippen molar-refractivity contribution in [1.82, 2.24) is 15.0 Å². The summed E-state index contributed by atoms with van der Waals surface area (Å²) in [5, 5.41) is 3.14. The van der Waals surface area contributed by atoms with Crippen LogP contribution in [0.25, 0.3) is 0 Å². The van der Waals surface area contributed by atoms with Crippen LogP contribution in [0.3, 0.4) is 0 Å². The third-order valence-electron chi connectivity index (χ3n) is 1.83. The molecule has 0 aliphatic carbocycles. The van der Waals surface area contributed by atoms with E-state index in [0.29, 0.717) is 16.7 Å². The lowest BCUT2D eigenvalue weighted by molar-refractivity contribution is 0.460. The Balaban J connectivity index is 2.29. The van der Waals surface area contributed by atoms with Gasteiger partial charge in [-0.2, -0.15) is 4.98 Å². The van der Waals surface area contributed by atoms with Gasteiger partial charge in [0.15, 0.2) is 0 Å². The summed E-state index contributed by atoms with van der Waals surface area (Å²) in [7, 11) is 1.72. The van der Waals surface area contributed by atoms with Crippen LogP contribution in [0.5, 0.6) is 11.6 Å². The molecule has 0 spiro atoms. The van der Waals surface area contributed by atoms with Gasteiger partial charge >= 0.3 is 0 Å². The number of ether oxygens (including phenoxy) is 1. The Morgan fingerprint density at radius 3 is 2.88 bits per heavy atom. The largest absolute Gasteiger partial charge is 0.436 e. The minimum absolute atomic E-state index is 0.283. The first-order chi connectivity index (χ1) is 8.19. The van der Waals surface area contributed by atoms with Crippen LogP contribution in [-0.2, 0) is 0 Å². The fraction of sp³-hybridized carbons (Fsp3) is 0.100. The van der Waals surface area contributed by atoms with Crippen molar-refractivity contribution in [1.29, 1.82) is 0 Å². The summed E-state index contributed by atoms with van der Waals surface area (Å²) in [5.74, 6) is 1.26. The lowest BCUT2D eigenvalue weighted by Gasteiger charge is -2.07. The standard InChI is InChI=1S/C10H8BrClN4O/c1-13-10-15-5-8(12)9(16-10)17-7-2-6(11)3-14-4-7/h2-5H,1H3,(H,13,15,16). The number of pyridine rings is 1. The van der Waals surface area contributed by atoms with Crippen LogP contribution >= 0.6 is 27.5 Å². The Kier molecular flexibility index (Phi) is 3.75. The summed E-state index contributed by atoms with van der Waals surface area (Å²) >= 11 is 9.23. The molecule has 0 aromatic carbocycles. The van der Waals surface area contributed by atoms with Crippen LogP contribution in [0.2, 0.25) is 5.02 Å². The highest BCUT2D eigenvalue weighted by atomic mass is 79.9. The number of nitrogens with one attached hydrogen (secondary N) is 1. The second kappa shape index (κ2) is 5.29. The molecule has 0 amide bonds.